The highest BCUT2D eigenvalue weighted by atomic mass is 32.2. The van der Waals surface area contributed by atoms with E-state index >= 15 is 0 Å². The van der Waals surface area contributed by atoms with Crippen LogP contribution in [-0.2, 0) is 10.0 Å². The molecule has 1 aromatic carbocycles. The van der Waals surface area contributed by atoms with Crippen LogP contribution in [0.25, 0.3) is 0 Å². The van der Waals surface area contributed by atoms with Crippen molar-refractivity contribution in [2.45, 2.75) is 30.6 Å². The highest BCUT2D eigenvalue weighted by Crippen LogP contribution is 2.21. The second-order valence-electron chi connectivity index (χ2n) is 5.63. The van der Waals surface area contributed by atoms with Crippen molar-refractivity contribution in [2.75, 3.05) is 18.4 Å². The van der Waals surface area contributed by atoms with Crippen LogP contribution >= 0.6 is 11.3 Å². The molecule has 6 nitrogen and oxygen atoms in total. The molecule has 1 aliphatic rings. The maximum atomic E-state index is 12.7. The number of benzene rings is 1. The van der Waals surface area contributed by atoms with Gasteiger partial charge >= 0.3 is 0 Å². The molecule has 0 radical (unpaired) electrons. The van der Waals surface area contributed by atoms with Gasteiger partial charge in [-0.15, -0.1) is 11.3 Å². The molecule has 3 rings (SSSR count). The maximum Gasteiger partial charge on any atom is 0.257 e. The molecule has 2 aromatic rings. The number of amides is 1. The summed E-state index contributed by atoms with van der Waals surface area (Å²) >= 11 is 1.33. The van der Waals surface area contributed by atoms with Gasteiger partial charge in [0.2, 0.25) is 10.0 Å². The summed E-state index contributed by atoms with van der Waals surface area (Å²) in [4.78, 5) is 16.3. The van der Waals surface area contributed by atoms with E-state index in [1.165, 1.54) is 35.6 Å². The number of thiazole rings is 1. The SMILES string of the molecule is O=C(Nc1nccs1)c1ccc(S(=O)(=O)N2CCCCCC2)cc1. The summed E-state index contributed by atoms with van der Waals surface area (Å²) in [6, 6.07) is 6.06. The van der Waals surface area contributed by atoms with Gasteiger partial charge in [-0.1, -0.05) is 12.8 Å². The van der Waals surface area contributed by atoms with E-state index in [4.69, 9.17) is 0 Å². The monoisotopic (exact) mass is 365 g/mol. The zero-order valence-corrected chi connectivity index (χ0v) is 14.8. The fraction of sp³-hybridized carbons (Fsp3) is 0.375. The molecule has 24 heavy (non-hydrogen) atoms. The number of hydrogen-bond donors (Lipinski definition) is 1. The molecule has 0 saturated carbocycles. The molecule has 0 unspecified atom stereocenters. The van der Waals surface area contributed by atoms with Crippen molar-refractivity contribution < 1.29 is 13.2 Å². The Morgan fingerprint density at radius 3 is 2.33 bits per heavy atom. The first-order valence-corrected chi connectivity index (χ1v) is 10.2. The molecule has 0 bridgehead atoms. The first kappa shape index (κ1) is 17.1. The van der Waals surface area contributed by atoms with Gasteiger partial charge < -0.3 is 0 Å². The molecular formula is C16H19N3O3S2. The topological polar surface area (TPSA) is 79.4 Å². The highest BCUT2D eigenvalue weighted by Gasteiger charge is 2.25. The first-order chi connectivity index (χ1) is 11.6. The predicted octanol–water partition coefficient (Wildman–Crippen LogP) is 2.96. The Balaban J connectivity index is 1.74. The van der Waals surface area contributed by atoms with Crippen LogP contribution < -0.4 is 5.32 Å². The number of carbonyl (C=O) groups is 1. The Morgan fingerprint density at radius 2 is 1.75 bits per heavy atom. The van der Waals surface area contributed by atoms with Crippen LogP contribution in [0.5, 0.6) is 0 Å². The van der Waals surface area contributed by atoms with Crippen LogP contribution in [0.4, 0.5) is 5.13 Å². The summed E-state index contributed by atoms with van der Waals surface area (Å²) in [6.07, 6.45) is 5.54. The largest absolute Gasteiger partial charge is 0.298 e. The lowest BCUT2D eigenvalue weighted by Crippen LogP contribution is -2.31. The predicted molar refractivity (Wildman–Crippen MR) is 93.7 cm³/mol. The molecule has 1 aromatic heterocycles. The molecule has 0 spiro atoms. The van der Waals surface area contributed by atoms with Crippen LogP contribution in [0.1, 0.15) is 36.0 Å². The zero-order valence-electron chi connectivity index (χ0n) is 13.1. The van der Waals surface area contributed by atoms with Crippen molar-refractivity contribution >= 4 is 32.4 Å². The zero-order chi connectivity index (χ0) is 17.0. The van der Waals surface area contributed by atoms with Crippen molar-refractivity contribution in [2.24, 2.45) is 0 Å². The van der Waals surface area contributed by atoms with E-state index in [1.807, 2.05) is 0 Å². The van der Waals surface area contributed by atoms with Gasteiger partial charge in [-0.25, -0.2) is 13.4 Å². The Labute approximate surface area is 145 Å². The van der Waals surface area contributed by atoms with Gasteiger partial charge in [-0.2, -0.15) is 4.31 Å². The molecular weight excluding hydrogens is 346 g/mol. The summed E-state index contributed by atoms with van der Waals surface area (Å²) in [7, 11) is -3.49. The first-order valence-electron chi connectivity index (χ1n) is 7.88. The number of hydrogen-bond acceptors (Lipinski definition) is 5. The Kier molecular flexibility index (Phi) is 5.27. The van der Waals surface area contributed by atoms with Crippen LogP contribution in [0.15, 0.2) is 40.7 Å². The summed E-state index contributed by atoms with van der Waals surface area (Å²) in [5.74, 6) is -0.302. The third-order valence-corrected chi connectivity index (χ3v) is 6.57. The lowest BCUT2D eigenvalue weighted by Gasteiger charge is -2.20. The third-order valence-electron chi connectivity index (χ3n) is 3.97. The number of anilines is 1. The van der Waals surface area contributed by atoms with Crippen LogP contribution in [0.2, 0.25) is 0 Å². The number of nitrogens with zero attached hydrogens (tertiary/aromatic N) is 2. The summed E-state index contributed by atoms with van der Waals surface area (Å²) < 4.78 is 26.9. The summed E-state index contributed by atoms with van der Waals surface area (Å²) in [5.41, 5.74) is 0.403. The van der Waals surface area contributed by atoms with Gasteiger partial charge in [0.25, 0.3) is 5.91 Å². The summed E-state index contributed by atoms with van der Waals surface area (Å²) in [5, 5.41) is 4.96. The third kappa shape index (κ3) is 3.82. The van der Waals surface area contributed by atoms with Gasteiger partial charge in [0.15, 0.2) is 5.13 Å². The minimum Gasteiger partial charge on any atom is -0.298 e. The second-order valence-corrected chi connectivity index (χ2v) is 8.47. The van der Waals surface area contributed by atoms with Gasteiger partial charge in [0, 0.05) is 30.2 Å². The number of nitrogens with one attached hydrogen (secondary N) is 1. The Morgan fingerprint density at radius 1 is 1.08 bits per heavy atom. The van der Waals surface area contributed by atoms with Crippen molar-refractivity contribution in [3.05, 3.63) is 41.4 Å². The molecule has 0 atom stereocenters. The van der Waals surface area contributed by atoms with Crippen LogP contribution in [0, 0.1) is 0 Å². The van der Waals surface area contributed by atoms with E-state index in [9.17, 15) is 13.2 Å². The van der Waals surface area contributed by atoms with Crippen molar-refractivity contribution in [3.8, 4) is 0 Å². The van der Waals surface area contributed by atoms with Gasteiger partial charge in [0.05, 0.1) is 4.90 Å². The van der Waals surface area contributed by atoms with Crippen molar-refractivity contribution in [1.82, 2.24) is 9.29 Å². The number of aromatic nitrogens is 1. The van der Waals surface area contributed by atoms with Gasteiger partial charge in [0.1, 0.15) is 0 Å². The molecule has 1 aliphatic heterocycles. The fourth-order valence-electron chi connectivity index (χ4n) is 2.66. The highest BCUT2D eigenvalue weighted by molar-refractivity contribution is 7.89. The average molecular weight is 365 g/mol. The molecule has 1 fully saturated rings. The quantitative estimate of drug-likeness (QED) is 0.903. The maximum absolute atomic E-state index is 12.7. The molecule has 8 heteroatoms. The fourth-order valence-corrected chi connectivity index (χ4v) is 4.70. The minimum atomic E-state index is -3.49. The number of rotatable bonds is 4. The van der Waals surface area contributed by atoms with Gasteiger partial charge in [-0.05, 0) is 37.1 Å². The van der Waals surface area contributed by atoms with E-state index in [0.29, 0.717) is 23.8 Å². The van der Waals surface area contributed by atoms with Crippen LogP contribution in [0.3, 0.4) is 0 Å². The van der Waals surface area contributed by atoms with Crippen molar-refractivity contribution in [1.29, 1.82) is 0 Å². The molecule has 128 valence electrons. The molecule has 1 N–H and O–H groups in total. The second kappa shape index (κ2) is 7.42. The smallest absolute Gasteiger partial charge is 0.257 e. The Hall–Kier alpha value is -1.77. The summed E-state index contributed by atoms with van der Waals surface area (Å²) in [6.45, 7) is 1.13. The number of carbonyl (C=O) groups excluding carboxylic acids is 1. The molecule has 0 aliphatic carbocycles. The van der Waals surface area contributed by atoms with E-state index in [1.54, 1.807) is 15.9 Å². The lowest BCUT2D eigenvalue weighted by molar-refractivity contribution is 0.102. The minimum absolute atomic E-state index is 0.232. The van der Waals surface area contributed by atoms with Crippen LogP contribution in [-0.4, -0.2) is 36.7 Å². The normalized spacial score (nSPS) is 16.5. The van der Waals surface area contributed by atoms with E-state index in [-0.39, 0.29) is 10.8 Å². The Bertz CT molecular complexity index is 778. The van der Waals surface area contributed by atoms with E-state index in [0.717, 1.165) is 25.7 Å². The molecule has 1 amide bonds. The van der Waals surface area contributed by atoms with E-state index < -0.39 is 10.0 Å². The standard InChI is InChI=1S/C16H19N3O3S2/c20-15(18-16-17-9-12-23-16)13-5-7-14(8-6-13)24(21,22)19-10-3-1-2-4-11-19/h5-9,12H,1-4,10-11H2,(H,17,18,20). The molecule has 2 heterocycles. The average Bonchev–Trinajstić information content (AvgIpc) is 2.93. The van der Waals surface area contributed by atoms with Gasteiger partial charge in [-0.3, -0.25) is 10.1 Å². The molecule has 1 saturated heterocycles. The lowest BCUT2D eigenvalue weighted by atomic mass is 10.2. The number of sulfonamides is 1. The van der Waals surface area contributed by atoms with Crippen molar-refractivity contribution in [3.63, 3.8) is 0 Å². The van der Waals surface area contributed by atoms with E-state index in [2.05, 4.69) is 10.3 Å².